The van der Waals surface area contributed by atoms with Gasteiger partial charge in [0, 0.05) is 12.4 Å². The number of rotatable bonds is 1. The fraction of sp³-hybridized carbons (Fsp3) is 0.143. The zero-order chi connectivity index (χ0) is 10.3. The molecule has 0 aromatic carbocycles. The SMILES string of the molecule is Cc1nn2cc(Br)cnc2c1[N+](=O)[O-]. The minimum atomic E-state index is -0.474. The summed E-state index contributed by atoms with van der Waals surface area (Å²) in [5, 5.41) is 14.7. The maximum atomic E-state index is 10.7. The summed E-state index contributed by atoms with van der Waals surface area (Å²) >= 11 is 3.21. The molecule has 0 saturated heterocycles. The van der Waals surface area contributed by atoms with Crippen LogP contribution in [-0.4, -0.2) is 19.5 Å². The van der Waals surface area contributed by atoms with E-state index in [1.807, 2.05) is 0 Å². The Hall–Kier alpha value is -1.50. The second-order valence-corrected chi connectivity index (χ2v) is 3.65. The van der Waals surface area contributed by atoms with E-state index in [9.17, 15) is 10.1 Å². The Balaban J connectivity index is 2.84. The summed E-state index contributed by atoms with van der Waals surface area (Å²) in [5.74, 6) is 0. The molecule has 2 aromatic heterocycles. The van der Waals surface area contributed by atoms with E-state index in [2.05, 4.69) is 26.0 Å². The number of nitro groups is 1. The fourth-order valence-electron chi connectivity index (χ4n) is 1.22. The van der Waals surface area contributed by atoms with Gasteiger partial charge in [0.05, 0.1) is 9.40 Å². The van der Waals surface area contributed by atoms with Gasteiger partial charge in [-0.25, -0.2) is 9.50 Å². The predicted molar refractivity (Wildman–Crippen MR) is 52.1 cm³/mol. The fourth-order valence-corrected chi connectivity index (χ4v) is 1.52. The molecule has 0 saturated carbocycles. The number of hydrogen-bond acceptors (Lipinski definition) is 4. The largest absolute Gasteiger partial charge is 0.336 e. The van der Waals surface area contributed by atoms with Crippen LogP contribution in [0, 0.1) is 17.0 Å². The van der Waals surface area contributed by atoms with Crippen molar-refractivity contribution in [2.45, 2.75) is 6.92 Å². The number of hydrogen-bond donors (Lipinski definition) is 0. The topological polar surface area (TPSA) is 73.3 Å². The predicted octanol–water partition coefficient (Wildman–Crippen LogP) is 1.71. The Bertz CT molecular complexity index is 522. The van der Waals surface area contributed by atoms with Crippen molar-refractivity contribution in [1.29, 1.82) is 0 Å². The number of nitrogens with zero attached hydrogens (tertiary/aromatic N) is 4. The van der Waals surface area contributed by atoms with Crippen LogP contribution in [0.25, 0.3) is 5.65 Å². The minimum Gasteiger partial charge on any atom is -0.258 e. The summed E-state index contributed by atoms with van der Waals surface area (Å²) in [5.41, 5.74) is 0.578. The number of aryl methyl sites for hydroxylation is 1. The molecule has 2 aromatic rings. The van der Waals surface area contributed by atoms with Crippen molar-refractivity contribution in [3.05, 3.63) is 32.7 Å². The van der Waals surface area contributed by atoms with Crippen LogP contribution in [0.5, 0.6) is 0 Å². The van der Waals surface area contributed by atoms with Crippen LogP contribution in [-0.2, 0) is 0 Å². The van der Waals surface area contributed by atoms with Gasteiger partial charge in [0.2, 0.25) is 5.65 Å². The first-order valence-corrected chi connectivity index (χ1v) is 4.54. The van der Waals surface area contributed by atoms with Crippen molar-refractivity contribution in [1.82, 2.24) is 14.6 Å². The lowest BCUT2D eigenvalue weighted by atomic mass is 10.4. The molecule has 0 aliphatic heterocycles. The molecule has 0 unspecified atom stereocenters. The van der Waals surface area contributed by atoms with Crippen molar-refractivity contribution in [3.63, 3.8) is 0 Å². The van der Waals surface area contributed by atoms with Gasteiger partial charge in [0.15, 0.2) is 0 Å². The summed E-state index contributed by atoms with van der Waals surface area (Å²) in [6.45, 7) is 1.58. The quantitative estimate of drug-likeness (QED) is 0.575. The molecule has 0 amide bonds. The average Bonchev–Trinajstić information content (AvgIpc) is 2.39. The average molecular weight is 257 g/mol. The lowest BCUT2D eigenvalue weighted by Gasteiger charge is -1.91. The number of aromatic nitrogens is 3. The van der Waals surface area contributed by atoms with Gasteiger partial charge >= 0.3 is 5.69 Å². The second kappa shape index (κ2) is 3.02. The third-order valence-electron chi connectivity index (χ3n) is 1.77. The van der Waals surface area contributed by atoms with E-state index in [1.54, 1.807) is 13.1 Å². The highest BCUT2D eigenvalue weighted by Crippen LogP contribution is 2.22. The van der Waals surface area contributed by atoms with Crippen LogP contribution in [0.3, 0.4) is 0 Å². The Kier molecular flexibility index (Phi) is 1.95. The van der Waals surface area contributed by atoms with Gasteiger partial charge in [-0.2, -0.15) is 5.10 Å². The molecular weight excluding hydrogens is 252 g/mol. The van der Waals surface area contributed by atoms with Crippen LogP contribution in [0.15, 0.2) is 16.9 Å². The van der Waals surface area contributed by atoms with Gasteiger partial charge in [-0.3, -0.25) is 10.1 Å². The summed E-state index contributed by atoms with van der Waals surface area (Å²) in [7, 11) is 0. The van der Waals surface area contributed by atoms with Crippen LogP contribution in [0.4, 0.5) is 5.69 Å². The normalized spacial score (nSPS) is 10.7. The first-order chi connectivity index (χ1) is 6.59. The van der Waals surface area contributed by atoms with E-state index < -0.39 is 4.92 Å². The Morgan fingerprint density at radius 2 is 2.36 bits per heavy atom. The molecule has 0 aliphatic carbocycles. The van der Waals surface area contributed by atoms with Crippen LogP contribution in [0.2, 0.25) is 0 Å². The summed E-state index contributed by atoms with van der Waals surface area (Å²) in [6.07, 6.45) is 3.13. The number of halogens is 1. The van der Waals surface area contributed by atoms with Gasteiger partial charge in [-0.05, 0) is 22.9 Å². The molecule has 0 atom stereocenters. The first kappa shape index (κ1) is 9.07. The van der Waals surface area contributed by atoms with E-state index in [0.717, 1.165) is 4.47 Å². The molecule has 0 bridgehead atoms. The van der Waals surface area contributed by atoms with Crippen molar-refractivity contribution in [2.24, 2.45) is 0 Å². The summed E-state index contributed by atoms with van der Waals surface area (Å²) < 4.78 is 2.11. The molecular formula is C7H5BrN4O2. The number of fused-ring (bicyclic) bond motifs is 1. The van der Waals surface area contributed by atoms with Crippen LogP contribution >= 0.6 is 15.9 Å². The van der Waals surface area contributed by atoms with Crippen molar-refractivity contribution < 1.29 is 4.92 Å². The Morgan fingerprint density at radius 1 is 1.64 bits per heavy atom. The molecule has 7 heteroatoms. The molecule has 0 fully saturated rings. The molecule has 6 nitrogen and oxygen atoms in total. The standard InChI is InChI=1S/C7H5BrN4O2/c1-4-6(12(13)14)7-9-2-5(8)3-11(7)10-4/h2-3H,1H3. The van der Waals surface area contributed by atoms with Crippen molar-refractivity contribution in [2.75, 3.05) is 0 Å². The van der Waals surface area contributed by atoms with Gasteiger partial charge in [-0.1, -0.05) is 0 Å². The molecule has 2 rings (SSSR count). The summed E-state index contributed by atoms with van der Waals surface area (Å²) in [6, 6.07) is 0. The zero-order valence-electron chi connectivity index (χ0n) is 7.14. The first-order valence-electron chi connectivity index (χ1n) is 3.74. The van der Waals surface area contributed by atoms with E-state index >= 15 is 0 Å². The molecule has 0 spiro atoms. The zero-order valence-corrected chi connectivity index (χ0v) is 8.72. The van der Waals surface area contributed by atoms with Gasteiger partial charge in [0.1, 0.15) is 5.69 Å². The highest BCUT2D eigenvalue weighted by molar-refractivity contribution is 9.10. The molecule has 14 heavy (non-hydrogen) atoms. The third kappa shape index (κ3) is 1.25. The van der Waals surface area contributed by atoms with Crippen molar-refractivity contribution in [3.8, 4) is 0 Å². The van der Waals surface area contributed by atoms with Crippen LogP contribution < -0.4 is 0 Å². The van der Waals surface area contributed by atoms with Crippen LogP contribution in [0.1, 0.15) is 5.69 Å². The summed E-state index contributed by atoms with van der Waals surface area (Å²) in [4.78, 5) is 14.1. The van der Waals surface area contributed by atoms with E-state index in [1.165, 1.54) is 10.7 Å². The minimum absolute atomic E-state index is 0.0440. The van der Waals surface area contributed by atoms with Crippen molar-refractivity contribution >= 4 is 27.3 Å². The van der Waals surface area contributed by atoms with E-state index in [4.69, 9.17) is 0 Å². The highest BCUT2D eigenvalue weighted by Gasteiger charge is 2.21. The second-order valence-electron chi connectivity index (χ2n) is 2.73. The molecule has 0 N–H and O–H groups in total. The van der Waals surface area contributed by atoms with E-state index in [0.29, 0.717) is 5.69 Å². The maximum absolute atomic E-state index is 10.7. The lowest BCUT2D eigenvalue weighted by molar-refractivity contribution is -0.383. The molecule has 72 valence electrons. The smallest absolute Gasteiger partial charge is 0.258 e. The molecule has 2 heterocycles. The maximum Gasteiger partial charge on any atom is 0.336 e. The van der Waals surface area contributed by atoms with Gasteiger partial charge in [-0.15, -0.1) is 0 Å². The lowest BCUT2D eigenvalue weighted by Crippen LogP contribution is -1.92. The van der Waals surface area contributed by atoms with Gasteiger partial charge in [0.25, 0.3) is 0 Å². The van der Waals surface area contributed by atoms with Gasteiger partial charge < -0.3 is 0 Å². The monoisotopic (exact) mass is 256 g/mol. The Labute approximate surface area is 86.8 Å². The molecule has 0 radical (unpaired) electrons. The molecule has 0 aliphatic rings. The Morgan fingerprint density at radius 3 is 3.00 bits per heavy atom. The van der Waals surface area contributed by atoms with E-state index in [-0.39, 0.29) is 11.3 Å². The third-order valence-corrected chi connectivity index (χ3v) is 2.18. The highest BCUT2D eigenvalue weighted by atomic mass is 79.9.